The van der Waals surface area contributed by atoms with Crippen LogP contribution in [0.15, 0.2) is 29.3 Å². The summed E-state index contributed by atoms with van der Waals surface area (Å²) >= 11 is 0. The van der Waals surface area contributed by atoms with Crippen molar-refractivity contribution >= 4 is 11.6 Å². The minimum atomic E-state index is 0.449. The molecule has 0 amide bonds. The number of hydrogen-bond acceptors (Lipinski definition) is 2. The largest absolute Gasteiger partial charge is 0.380 e. The maximum Gasteiger partial charge on any atom is 0.193 e. The molecule has 0 atom stereocenters. The van der Waals surface area contributed by atoms with E-state index in [9.17, 15) is 0 Å². The van der Waals surface area contributed by atoms with Gasteiger partial charge in [-0.2, -0.15) is 0 Å². The Kier molecular flexibility index (Phi) is 5.36. The van der Waals surface area contributed by atoms with Crippen LogP contribution >= 0.6 is 0 Å². The van der Waals surface area contributed by atoms with Crippen LogP contribution in [0.3, 0.4) is 0 Å². The zero-order chi connectivity index (χ0) is 11.8. The number of guanidine groups is 1. The number of para-hydroxylation sites is 1. The van der Waals surface area contributed by atoms with Crippen LogP contribution in [0.25, 0.3) is 0 Å². The summed E-state index contributed by atoms with van der Waals surface area (Å²) in [6, 6.07) is 7.88. The van der Waals surface area contributed by atoms with Crippen LogP contribution in [0.4, 0.5) is 5.69 Å². The smallest absolute Gasteiger partial charge is 0.193 e. The number of ether oxygens (including phenoxy) is 1. The summed E-state index contributed by atoms with van der Waals surface area (Å²) in [5.74, 6) is 0.449. The van der Waals surface area contributed by atoms with E-state index in [0.717, 1.165) is 24.2 Å². The lowest BCUT2D eigenvalue weighted by molar-refractivity contribution is 0.185. The molecule has 3 N–H and O–H groups in total. The van der Waals surface area contributed by atoms with Crippen molar-refractivity contribution in [2.45, 2.75) is 20.0 Å². The van der Waals surface area contributed by atoms with Crippen LogP contribution in [0.5, 0.6) is 0 Å². The Labute approximate surface area is 96.5 Å². The molecule has 1 aromatic carbocycles. The standard InChI is InChI=1S/C12H19N3O/c1-3-8-14-12(13)15-11-7-5-4-6-10(11)9-16-2/h4-7H,3,8-9H2,1-2H3,(H3,13,14,15). The number of nitrogens with one attached hydrogen (secondary N) is 1. The van der Waals surface area contributed by atoms with Gasteiger partial charge in [0.15, 0.2) is 5.96 Å². The van der Waals surface area contributed by atoms with Crippen LogP contribution in [-0.2, 0) is 11.3 Å². The summed E-state index contributed by atoms with van der Waals surface area (Å²) in [4.78, 5) is 4.18. The van der Waals surface area contributed by atoms with Crippen molar-refractivity contribution in [2.24, 2.45) is 10.7 Å². The first-order valence-corrected chi connectivity index (χ1v) is 5.41. The molecule has 4 nitrogen and oxygen atoms in total. The zero-order valence-corrected chi connectivity index (χ0v) is 9.86. The molecule has 1 aromatic rings. The summed E-state index contributed by atoms with van der Waals surface area (Å²) in [6.45, 7) is 3.37. The van der Waals surface area contributed by atoms with Crippen molar-refractivity contribution < 1.29 is 4.74 Å². The Bertz CT molecular complexity index is 350. The number of nitrogens with zero attached hydrogens (tertiary/aromatic N) is 1. The van der Waals surface area contributed by atoms with Gasteiger partial charge in [-0.15, -0.1) is 0 Å². The van der Waals surface area contributed by atoms with Gasteiger partial charge in [-0.05, 0) is 12.5 Å². The molecule has 0 radical (unpaired) electrons. The molecule has 88 valence electrons. The second-order valence-corrected chi connectivity index (χ2v) is 3.48. The third kappa shape index (κ3) is 3.90. The second-order valence-electron chi connectivity index (χ2n) is 3.48. The molecule has 16 heavy (non-hydrogen) atoms. The van der Waals surface area contributed by atoms with Crippen LogP contribution in [0.1, 0.15) is 18.9 Å². The van der Waals surface area contributed by atoms with Gasteiger partial charge in [0.2, 0.25) is 0 Å². The molecule has 0 spiro atoms. The van der Waals surface area contributed by atoms with E-state index < -0.39 is 0 Å². The summed E-state index contributed by atoms with van der Waals surface area (Å²) in [7, 11) is 1.67. The van der Waals surface area contributed by atoms with Gasteiger partial charge in [0, 0.05) is 24.9 Å². The van der Waals surface area contributed by atoms with E-state index in [-0.39, 0.29) is 0 Å². The molecule has 0 unspecified atom stereocenters. The van der Waals surface area contributed by atoms with Crippen molar-refractivity contribution in [3.63, 3.8) is 0 Å². The quantitative estimate of drug-likeness (QED) is 0.590. The first kappa shape index (κ1) is 12.5. The van der Waals surface area contributed by atoms with Crippen LogP contribution in [0.2, 0.25) is 0 Å². The highest BCUT2D eigenvalue weighted by Gasteiger charge is 2.01. The van der Waals surface area contributed by atoms with Gasteiger partial charge in [0.25, 0.3) is 0 Å². The fourth-order valence-corrected chi connectivity index (χ4v) is 1.33. The minimum absolute atomic E-state index is 0.449. The van der Waals surface area contributed by atoms with Gasteiger partial charge in [-0.1, -0.05) is 25.1 Å². The predicted molar refractivity (Wildman–Crippen MR) is 67.6 cm³/mol. The molecule has 0 saturated heterocycles. The molecule has 4 heteroatoms. The number of aliphatic imine (C=N–C) groups is 1. The number of anilines is 1. The number of hydrogen-bond donors (Lipinski definition) is 2. The van der Waals surface area contributed by atoms with Gasteiger partial charge in [-0.25, -0.2) is 0 Å². The molecule has 0 fully saturated rings. The van der Waals surface area contributed by atoms with Gasteiger partial charge in [0.1, 0.15) is 0 Å². The van der Waals surface area contributed by atoms with Gasteiger partial charge < -0.3 is 15.8 Å². The Morgan fingerprint density at radius 1 is 1.44 bits per heavy atom. The van der Waals surface area contributed by atoms with Gasteiger partial charge >= 0.3 is 0 Å². The highest BCUT2D eigenvalue weighted by atomic mass is 16.5. The molecule has 0 saturated carbocycles. The Balaban J connectivity index is 2.72. The van der Waals surface area contributed by atoms with Crippen LogP contribution in [0, 0.1) is 0 Å². The third-order valence-corrected chi connectivity index (χ3v) is 2.09. The summed E-state index contributed by atoms with van der Waals surface area (Å²) in [5.41, 5.74) is 7.77. The number of methoxy groups -OCH3 is 1. The molecule has 0 heterocycles. The Hall–Kier alpha value is -1.55. The van der Waals surface area contributed by atoms with Crippen molar-refractivity contribution in [2.75, 3.05) is 19.0 Å². The fourth-order valence-electron chi connectivity index (χ4n) is 1.33. The zero-order valence-electron chi connectivity index (χ0n) is 9.86. The maximum absolute atomic E-state index is 5.75. The van der Waals surface area contributed by atoms with Crippen LogP contribution in [-0.4, -0.2) is 19.6 Å². The topological polar surface area (TPSA) is 59.6 Å². The molecular weight excluding hydrogens is 202 g/mol. The van der Waals surface area contributed by atoms with E-state index >= 15 is 0 Å². The number of nitrogens with two attached hydrogens (primary N) is 1. The third-order valence-electron chi connectivity index (χ3n) is 2.09. The predicted octanol–water partition coefficient (Wildman–Crippen LogP) is 1.97. The molecule has 0 aliphatic heterocycles. The molecule has 0 aromatic heterocycles. The van der Waals surface area contributed by atoms with Gasteiger partial charge in [-0.3, -0.25) is 4.99 Å². The van der Waals surface area contributed by atoms with Crippen molar-refractivity contribution in [1.29, 1.82) is 0 Å². The lowest BCUT2D eigenvalue weighted by atomic mass is 10.2. The average Bonchev–Trinajstić information content (AvgIpc) is 2.29. The summed E-state index contributed by atoms with van der Waals surface area (Å²) in [5, 5.41) is 3.08. The van der Waals surface area contributed by atoms with E-state index in [1.54, 1.807) is 7.11 Å². The highest BCUT2D eigenvalue weighted by molar-refractivity contribution is 5.92. The molecule has 0 aliphatic rings. The normalized spacial score (nSPS) is 11.5. The number of rotatable bonds is 5. The maximum atomic E-state index is 5.75. The van der Waals surface area contributed by atoms with E-state index in [1.807, 2.05) is 24.3 Å². The summed E-state index contributed by atoms with van der Waals surface area (Å²) < 4.78 is 5.11. The monoisotopic (exact) mass is 221 g/mol. The minimum Gasteiger partial charge on any atom is -0.380 e. The molecule has 0 bridgehead atoms. The van der Waals surface area contributed by atoms with E-state index in [2.05, 4.69) is 17.2 Å². The average molecular weight is 221 g/mol. The second kappa shape index (κ2) is 6.85. The number of benzene rings is 1. The molecular formula is C12H19N3O. The highest BCUT2D eigenvalue weighted by Crippen LogP contribution is 2.15. The fraction of sp³-hybridized carbons (Fsp3) is 0.417. The molecule has 1 rings (SSSR count). The van der Waals surface area contributed by atoms with Crippen LogP contribution < -0.4 is 11.1 Å². The van der Waals surface area contributed by atoms with Crippen molar-refractivity contribution in [3.05, 3.63) is 29.8 Å². The van der Waals surface area contributed by atoms with Crippen molar-refractivity contribution in [1.82, 2.24) is 0 Å². The first-order chi connectivity index (χ1) is 7.77. The Morgan fingerprint density at radius 2 is 2.19 bits per heavy atom. The lowest BCUT2D eigenvalue weighted by Crippen LogP contribution is -2.23. The summed E-state index contributed by atoms with van der Waals surface area (Å²) in [6.07, 6.45) is 0.988. The van der Waals surface area contributed by atoms with E-state index in [4.69, 9.17) is 10.5 Å². The SMILES string of the molecule is CCCN=C(N)Nc1ccccc1COC. The lowest BCUT2D eigenvalue weighted by Gasteiger charge is -2.10. The molecule has 0 aliphatic carbocycles. The first-order valence-electron chi connectivity index (χ1n) is 5.41. The van der Waals surface area contributed by atoms with E-state index in [0.29, 0.717) is 12.6 Å². The van der Waals surface area contributed by atoms with Crippen molar-refractivity contribution in [3.8, 4) is 0 Å². The van der Waals surface area contributed by atoms with E-state index in [1.165, 1.54) is 0 Å². The Morgan fingerprint density at radius 3 is 2.88 bits per heavy atom. The van der Waals surface area contributed by atoms with Gasteiger partial charge in [0.05, 0.1) is 6.61 Å².